The van der Waals surface area contributed by atoms with Gasteiger partial charge in [0, 0.05) is 23.2 Å². The molecule has 2 aromatic rings. The van der Waals surface area contributed by atoms with Gasteiger partial charge in [-0.05, 0) is 36.4 Å². The highest BCUT2D eigenvalue weighted by Crippen LogP contribution is 2.27. The lowest BCUT2D eigenvalue weighted by atomic mass is 10.2. The molecule has 1 N–H and O–H groups in total. The van der Waals surface area contributed by atoms with Crippen LogP contribution in [0.25, 0.3) is 0 Å². The molecule has 2 aromatic carbocycles. The maximum atomic E-state index is 13.1. The van der Waals surface area contributed by atoms with Crippen LogP contribution < -0.4 is 10.1 Å². The molecule has 21 heavy (non-hydrogen) atoms. The molecule has 0 radical (unpaired) electrons. The fourth-order valence-electron chi connectivity index (χ4n) is 1.95. The van der Waals surface area contributed by atoms with E-state index in [9.17, 15) is 8.78 Å². The average Bonchev–Trinajstić information content (AvgIpc) is 2.43. The van der Waals surface area contributed by atoms with Crippen LogP contribution in [0.4, 0.5) is 8.78 Å². The Bertz CT molecular complexity index is 599. The summed E-state index contributed by atoms with van der Waals surface area (Å²) in [6.45, 7) is 3.45. The molecule has 0 saturated heterocycles. The lowest BCUT2D eigenvalue weighted by Crippen LogP contribution is -2.13. The highest BCUT2D eigenvalue weighted by molar-refractivity contribution is 6.31. The highest BCUT2D eigenvalue weighted by atomic mass is 35.5. The molecule has 5 heteroatoms. The van der Waals surface area contributed by atoms with Crippen molar-refractivity contribution in [1.29, 1.82) is 0 Å². The minimum atomic E-state index is -0.618. The molecule has 0 aliphatic rings. The summed E-state index contributed by atoms with van der Waals surface area (Å²) in [5.41, 5.74) is 1.26. The van der Waals surface area contributed by atoms with Crippen LogP contribution in [0.15, 0.2) is 36.4 Å². The topological polar surface area (TPSA) is 21.3 Å². The summed E-state index contributed by atoms with van der Waals surface area (Å²) < 4.78 is 31.9. The first-order chi connectivity index (χ1) is 10.1. The molecular formula is C16H16ClF2NO. The van der Waals surface area contributed by atoms with Gasteiger partial charge in [0.25, 0.3) is 0 Å². The number of rotatable bonds is 6. The van der Waals surface area contributed by atoms with Gasteiger partial charge in [0.1, 0.15) is 24.0 Å². The Hall–Kier alpha value is -1.65. The van der Waals surface area contributed by atoms with Gasteiger partial charge in [0.05, 0.1) is 0 Å². The SMILES string of the molecule is CCNCc1c(Cl)cccc1OCc1cc(F)cc(F)c1. The summed E-state index contributed by atoms with van der Waals surface area (Å²) in [5, 5.41) is 3.77. The van der Waals surface area contributed by atoms with E-state index in [1.54, 1.807) is 18.2 Å². The molecule has 0 amide bonds. The van der Waals surface area contributed by atoms with Gasteiger partial charge < -0.3 is 10.1 Å². The third-order valence-electron chi connectivity index (χ3n) is 2.94. The average molecular weight is 312 g/mol. The first-order valence-corrected chi connectivity index (χ1v) is 7.04. The van der Waals surface area contributed by atoms with Crippen molar-refractivity contribution >= 4 is 11.6 Å². The van der Waals surface area contributed by atoms with Crippen molar-refractivity contribution in [2.45, 2.75) is 20.1 Å². The predicted molar refractivity (Wildman–Crippen MR) is 79.5 cm³/mol. The number of ether oxygens (including phenoxy) is 1. The molecule has 0 spiro atoms. The van der Waals surface area contributed by atoms with Crippen LogP contribution in [-0.2, 0) is 13.2 Å². The number of halogens is 3. The monoisotopic (exact) mass is 311 g/mol. The fraction of sp³-hybridized carbons (Fsp3) is 0.250. The van der Waals surface area contributed by atoms with Crippen molar-refractivity contribution in [3.63, 3.8) is 0 Å². The Morgan fingerprint density at radius 1 is 1.14 bits per heavy atom. The van der Waals surface area contributed by atoms with Crippen molar-refractivity contribution in [2.24, 2.45) is 0 Å². The standard InChI is InChI=1S/C16H16ClF2NO/c1-2-20-9-14-15(17)4-3-5-16(14)21-10-11-6-12(18)8-13(19)7-11/h3-8,20H,2,9-10H2,1H3. The van der Waals surface area contributed by atoms with Gasteiger partial charge in [-0.1, -0.05) is 24.6 Å². The number of nitrogens with one attached hydrogen (secondary N) is 1. The van der Waals surface area contributed by atoms with Gasteiger partial charge in [-0.2, -0.15) is 0 Å². The lowest BCUT2D eigenvalue weighted by molar-refractivity contribution is 0.301. The van der Waals surface area contributed by atoms with Gasteiger partial charge in [0.15, 0.2) is 0 Å². The third-order valence-corrected chi connectivity index (χ3v) is 3.30. The molecule has 2 rings (SSSR count). The number of benzene rings is 2. The molecular weight excluding hydrogens is 296 g/mol. The van der Waals surface area contributed by atoms with E-state index in [1.165, 1.54) is 12.1 Å². The second-order valence-corrected chi connectivity index (χ2v) is 4.97. The van der Waals surface area contributed by atoms with Gasteiger partial charge in [-0.25, -0.2) is 8.78 Å². The van der Waals surface area contributed by atoms with Crippen molar-refractivity contribution < 1.29 is 13.5 Å². The normalized spacial score (nSPS) is 10.7. The first kappa shape index (κ1) is 15.7. The summed E-state index contributed by atoms with van der Waals surface area (Å²) in [4.78, 5) is 0. The second-order valence-electron chi connectivity index (χ2n) is 4.56. The predicted octanol–water partition coefficient (Wildman–Crippen LogP) is 4.31. The van der Waals surface area contributed by atoms with Gasteiger partial charge in [-0.15, -0.1) is 0 Å². The van der Waals surface area contributed by atoms with Crippen molar-refractivity contribution in [1.82, 2.24) is 5.32 Å². The molecule has 0 aliphatic heterocycles. The Kier molecular flexibility index (Phi) is 5.53. The Morgan fingerprint density at radius 3 is 2.52 bits per heavy atom. The van der Waals surface area contributed by atoms with Crippen molar-refractivity contribution in [2.75, 3.05) is 6.54 Å². The van der Waals surface area contributed by atoms with E-state index in [0.717, 1.165) is 18.2 Å². The molecule has 0 fully saturated rings. The summed E-state index contributed by atoms with van der Waals surface area (Å²) in [5.74, 6) is -0.631. The van der Waals surface area contributed by atoms with Crippen LogP contribution in [0.2, 0.25) is 5.02 Å². The van der Waals surface area contributed by atoms with E-state index in [-0.39, 0.29) is 6.61 Å². The summed E-state index contributed by atoms with van der Waals surface area (Å²) >= 11 is 6.16. The molecule has 0 bridgehead atoms. The maximum absolute atomic E-state index is 13.1. The quantitative estimate of drug-likeness (QED) is 0.858. The number of hydrogen-bond acceptors (Lipinski definition) is 2. The van der Waals surface area contributed by atoms with Crippen molar-refractivity contribution in [3.05, 3.63) is 64.2 Å². The zero-order valence-electron chi connectivity index (χ0n) is 11.6. The summed E-state index contributed by atoms with van der Waals surface area (Å²) in [6.07, 6.45) is 0. The van der Waals surface area contributed by atoms with Crippen LogP contribution in [0.5, 0.6) is 5.75 Å². The van der Waals surface area contributed by atoms with E-state index >= 15 is 0 Å². The first-order valence-electron chi connectivity index (χ1n) is 6.66. The molecule has 112 valence electrons. The second kappa shape index (κ2) is 7.38. The Labute approximate surface area is 127 Å². The minimum Gasteiger partial charge on any atom is -0.489 e. The van der Waals surface area contributed by atoms with Crippen molar-refractivity contribution in [3.8, 4) is 5.75 Å². The molecule has 0 aliphatic carbocycles. The molecule has 0 aromatic heterocycles. The lowest BCUT2D eigenvalue weighted by Gasteiger charge is -2.13. The fourth-order valence-corrected chi connectivity index (χ4v) is 2.18. The molecule has 0 heterocycles. The van der Waals surface area contributed by atoms with E-state index in [4.69, 9.17) is 16.3 Å². The van der Waals surface area contributed by atoms with Crippen LogP contribution in [0.3, 0.4) is 0 Å². The van der Waals surface area contributed by atoms with E-state index < -0.39 is 11.6 Å². The zero-order valence-corrected chi connectivity index (χ0v) is 12.4. The van der Waals surface area contributed by atoms with Crippen LogP contribution >= 0.6 is 11.6 Å². The molecule has 0 saturated carbocycles. The Balaban J connectivity index is 2.13. The summed E-state index contributed by atoms with van der Waals surface area (Å²) in [6, 6.07) is 8.67. The van der Waals surface area contributed by atoms with Gasteiger partial charge in [0.2, 0.25) is 0 Å². The smallest absolute Gasteiger partial charge is 0.126 e. The molecule has 0 unspecified atom stereocenters. The van der Waals surface area contributed by atoms with Gasteiger partial charge in [-0.3, -0.25) is 0 Å². The Morgan fingerprint density at radius 2 is 1.86 bits per heavy atom. The third kappa shape index (κ3) is 4.41. The largest absolute Gasteiger partial charge is 0.489 e. The highest BCUT2D eigenvalue weighted by Gasteiger charge is 2.09. The van der Waals surface area contributed by atoms with Crippen LogP contribution in [-0.4, -0.2) is 6.54 Å². The molecule has 0 atom stereocenters. The van der Waals surface area contributed by atoms with Gasteiger partial charge >= 0.3 is 0 Å². The molecule has 2 nitrogen and oxygen atoms in total. The van der Waals surface area contributed by atoms with E-state index in [1.807, 2.05) is 6.92 Å². The number of hydrogen-bond donors (Lipinski definition) is 1. The van der Waals surface area contributed by atoms with Crippen LogP contribution in [0.1, 0.15) is 18.1 Å². The zero-order chi connectivity index (χ0) is 15.2. The maximum Gasteiger partial charge on any atom is 0.126 e. The minimum absolute atomic E-state index is 0.0775. The van der Waals surface area contributed by atoms with E-state index in [2.05, 4.69) is 5.32 Å². The summed E-state index contributed by atoms with van der Waals surface area (Å²) in [7, 11) is 0. The van der Waals surface area contributed by atoms with Crippen LogP contribution in [0, 0.1) is 11.6 Å². The van der Waals surface area contributed by atoms with E-state index in [0.29, 0.717) is 22.9 Å².